The van der Waals surface area contributed by atoms with Crippen LogP contribution in [0.25, 0.3) is 25.4 Å². The van der Waals surface area contributed by atoms with Crippen molar-refractivity contribution < 1.29 is 9.53 Å². The Labute approximate surface area is 151 Å². The minimum absolute atomic E-state index is 0.116. The van der Waals surface area contributed by atoms with Crippen LogP contribution in [0.5, 0.6) is 0 Å². The summed E-state index contributed by atoms with van der Waals surface area (Å²) in [5, 5.41) is 2.77. The number of thiophene rings is 2. The summed E-state index contributed by atoms with van der Waals surface area (Å²) in [4.78, 5) is 21.4. The second-order valence-electron chi connectivity index (χ2n) is 5.79. The molecule has 25 heavy (non-hydrogen) atoms. The van der Waals surface area contributed by atoms with E-state index in [4.69, 9.17) is 22.8 Å². The Balaban J connectivity index is 1.76. The minimum atomic E-state index is -0.517. The molecule has 0 saturated carbocycles. The van der Waals surface area contributed by atoms with E-state index in [0.717, 1.165) is 31.8 Å². The number of hydrogen-bond donors (Lipinski definition) is 2. The first kappa shape index (κ1) is 16.0. The molecule has 1 aliphatic heterocycles. The molecule has 0 bridgehead atoms. The summed E-state index contributed by atoms with van der Waals surface area (Å²) in [7, 11) is 0. The monoisotopic (exact) mass is 370 g/mol. The van der Waals surface area contributed by atoms with Crippen molar-refractivity contribution in [1.82, 2.24) is 4.98 Å². The maximum Gasteiger partial charge on any atom is 0.256 e. The Bertz CT molecular complexity index is 1020. The largest absolute Gasteiger partial charge is 0.383 e. The fraction of sp³-hybridized carbons (Fsp3) is 0.235. The zero-order valence-electron chi connectivity index (χ0n) is 13.1. The van der Waals surface area contributed by atoms with Gasteiger partial charge in [0.1, 0.15) is 5.82 Å². The maximum absolute atomic E-state index is 11.6. The highest BCUT2D eigenvalue weighted by atomic mass is 32.1. The van der Waals surface area contributed by atoms with E-state index in [1.54, 1.807) is 11.3 Å². The van der Waals surface area contributed by atoms with Crippen molar-refractivity contribution in [3.8, 4) is 10.4 Å². The molecule has 4 heterocycles. The Morgan fingerprint density at radius 3 is 3.04 bits per heavy atom. The number of pyridine rings is 1. The lowest BCUT2D eigenvalue weighted by molar-refractivity contribution is 0.100. The lowest BCUT2D eigenvalue weighted by atomic mass is 10.1. The first-order valence-electron chi connectivity index (χ1n) is 7.63. The number of rotatable bonds is 3. The molecule has 1 saturated heterocycles. The molecule has 8 heteroatoms. The highest BCUT2D eigenvalue weighted by Crippen LogP contribution is 2.42. The molecular formula is C17H14N4O2S2. The normalized spacial score (nSPS) is 20.0. The summed E-state index contributed by atoms with van der Waals surface area (Å²) in [5.74, 6) is -0.138. The second kappa shape index (κ2) is 6.11. The van der Waals surface area contributed by atoms with Gasteiger partial charge < -0.3 is 21.0 Å². The third kappa shape index (κ3) is 2.66. The number of nitrogens with two attached hydrogens (primary N) is 2. The Hall–Kier alpha value is -2.47. The standard InChI is InChI=1S/C17H14N4O2S2/c1-20-11-2-3-23-14(11)13-4-8(7-24-13)12-5-9-15(25-12)10(17(19)22)6-21-16(9)18/h4-7,11,14H,2-3H2,(H2,18,21)(H2,19,22). The van der Waals surface area contributed by atoms with Gasteiger partial charge in [-0.3, -0.25) is 4.79 Å². The van der Waals surface area contributed by atoms with Gasteiger partial charge in [0.2, 0.25) is 0 Å². The molecule has 0 spiro atoms. The predicted molar refractivity (Wildman–Crippen MR) is 99.6 cm³/mol. The van der Waals surface area contributed by atoms with Crippen molar-refractivity contribution in [3.63, 3.8) is 0 Å². The Morgan fingerprint density at radius 2 is 2.28 bits per heavy atom. The van der Waals surface area contributed by atoms with Gasteiger partial charge in [-0.15, -0.1) is 22.7 Å². The number of amides is 1. The van der Waals surface area contributed by atoms with Gasteiger partial charge in [-0.2, -0.15) is 0 Å². The number of primary amides is 1. The fourth-order valence-electron chi connectivity index (χ4n) is 2.97. The number of hydrogen-bond acceptors (Lipinski definition) is 6. The third-order valence-electron chi connectivity index (χ3n) is 4.26. The van der Waals surface area contributed by atoms with Crippen molar-refractivity contribution in [2.75, 3.05) is 12.3 Å². The lowest BCUT2D eigenvalue weighted by Crippen LogP contribution is -2.11. The first-order chi connectivity index (χ1) is 12.1. The molecule has 0 radical (unpaired) electrons. The average molecular weight is 370 g/mol. The minimum Gasteiger partial charge on any atom is -0.383 e. The van der Waals surface area contributed by atoms with Crippen molar-refractivity contribution in [2.24, 2.45) is 5.73 Å². The van der Waals surface area contributed by atoms with Gasteiger partial charge in [-0.25, -0.2) is 11.6 Å². The molecule has 4 rings (SSSR count). The van der Waals surface area contributed by atoms with Crippen LogP contribution in [0.4, 0.5) is 5.82 Å². The Kier molecular flexibility index (Phi) is 3.92. The van der Waals surface area contributed by atoms with Gasteiger partial charge in [0, 0.05) is 33.3 Å². The van der Waals surface area contributed by atoms with Crippen LogP contribution in [0.3, 0.4) is 0 Å². The van der Waals surface area contributed by atoms with Crippen LogP contribution in [0.2, 0.25) is 0 Å². The molecule has 1 fully saturated rings. The number of ether oxygens (including phenoxy) is 1. The summed E-state index contributed by atoms with van der Waals surface area (Å²) in [6.45, 7) is 7.92. The molecule has 0 aromatic carbocycles. The number of nitrogens with zero attached hydrogens (tertiary/aromatic N) is 2. The highest BCUT2D eigenvalue weighted by Gasteiger charge is 2.35. The summed E-state index contributed by atoms with van der Waals surface area (Å²) in [6, 6.07) is 3.87. The van der Waals surface area contributed by atoms with Gasteiger partial charge in [0.25, 0.3) is 11.9 Å². The van der Waals surface area contributed by atoms with Crippen molar-refractivity contribution in [3.05, 3.63) is 45.6 Å². The van der Waals surface area contributed by atoms with Crippen LogP contribution >= 0.6 is 22.7 Å². The summed E-state index contributed by atoms with van der Waals surface area (Å²) >= 11 is 3.05. The SMILES string of the molecule is [C-]#[N+]C1CCOC1c1cc(-c2cc3c(N)ncc(C(N)=O)c3s2)cs1. The number of fused-ring (bicyclic) bond motifs is 1. The van der Waals surface area contributed by atoms with E-state index in [1.807, 2.05) is 11.4 Å². The molecule has 2 atom stereocenters. The van der Waals surface area contributed by atoms with E-state index in [2.05, 4.69) is 15.9 Å². The summed E-state index contributed by atoms with van der Waals surface area (Å²) in [5.41, 5.74) is 12.8. The molecule has 4 N–H and O–H groups in total. The predicted octanol–water partition coefficient (Wildman–Crippen LogP) is 3.46. The van der Waals surface area contributed by atoms with E-state index in [9.17, 15) is 4.79 Å². The van der Waals surface area contributed by atoms with E-state index in [0.29, 0.717) is 18.0 Å². The number of nitrogen functional groups attached to an aromatic ring is 1. The van der Waals surface area contributed by atoms with Crippen LogP contribution in [-0.2, 0) is 4.74 Å². The molecule has 126 valence electrons. The average Bonchev–Trinajstić information content (AvgIpc) is 3.32. The number of anilines is 1. The van der Waals surface area contributed by atoms with Crippen LogP contribution in [0.1, 0.15) is 27.8 Å². The van der Waals surface area contributed by atoms with Gasteiger partial charge in [-0.1, -0.05) is 0 Å². The van der Waals surface area contributed by atoms with Gasteiger partial charge in [0.15, 0.2) is 6.10 Å². The molecule has 3 aromatic heterocycles. The number of carbonyl (C=O) groups is 1. The number of aromatic nitrogens is 1. The highest BCUT2D eigenvalue weighted by molar-refractivity contribution is 7.23. The number of carbonyl (C=O) groups excluding carboxylic acids is 1. The lowest BCUT2D eigenvalue weighted by Gasteiger charge is -2.06. The van der Waals surface area contributed by atoms with E-state index in [-0.39, 0.29) is 12.1 Å². The molecule has 0 aliphatic carbocycles. The molecule has 2 unspecified atom stereocenters. The maximum atomic E-state index is 11.6. The Morgan fingerprint density at radius 1 is 1.44 bits per heavy atom. The topological polar surface area (TPSA) is 95.6 Å². The molecule has 3 aromatic rings. The van der Waals surface area contributed by atoms with Gasteiger partial charge >= 0.3 is 0 Å². The van der Waals surface area contributed by atoms with E-state index < -0.39 is 5.91 Å². The van der Waals surface area contributed by atoms with Crippen molar-refractivity contribution in [1.29, 1.82) is 0 Å². The molecule has 6 nitrogen and oxygen atoms in total. The summed E-state index contributed by atoms with van der Waals surface area (Å²) < 4.78 is 6.48. The summed E-state index contributed by atoms with van der Waals surface area (Å²) in [6.07, 6.45) is 2.04. The van der Waals surface area contributed by atoms with Gasteiger partial charge in [-0.05, 0) is 17.5 Å². The third-order valence-corrected chi connectivity index (χ3v) is 6.47. The van der Waals surface area contributed by atoms with E-state index in [1.165, 1.54) is 17.5 Å². The van der Waals surface area contributed by atoms with Crippen LogP contribution in [-0.4, -0.2) is 23.5 Å². The fourth-order valence-corrected chi connectivity index (χ4v) is 5.23. The molecular weight excluding hydrogens is 356 g/mol. The zero-order chi connectivity index (χ0) is 17.6. The molecule has 1 amide bonds. The van der Waals surface area contributed by atoms with Crippen molar-refractivity contribution in [2.45, 2.75) is 18.6 Å². The first-order valence-corrected chi connectivity index (χ1v) is 9.33. The van der Waals surface area contributed by atoms with Crippen LogP contribution in [0, 0.1) is 6.57 Å². The van der Waals surface area contributed by atoms with Crippen molar-refractivity contribution >= 4 is 44.5 Å². The second-order valence-corrected chi connectivity index (χ2v) is 7.78. The zero-order valence-corrected chi connectivity index (χ0v) is 14.7. The van der Waals surface area contributed by atoms with Gasteiger partial charge in [0.05, 0.1) is 16.9 Å². The molecule has 1 aliphatic rings. The smallest absolute Gasteiger partial charge is 0.256 e. The van der Waals surface area contributed by atoms with Crippen LogP contribution < -0.4 is 11.5 Å². The van der Waals surface area contributed by atoms with E-state index >= 15 is 0 Å². The quantitative estimate of drug-likeness (QED) is 0.690. The van der Waals surface area contributed by atoms with Crippen LogP contribution in [0.15, 0.2) is 23.7 Å².